The zero-order chi connectivity index (χ0) is 21.2. The van der Waals surface area contributed by atoms with Crippen LogP contribution < -0.4 is 4.74 Å². The van der Waals surface area contributed by atoms with Crippen LogP contribution in [-0.4, -0.2) is 23.7 Å². The number of benzene rings is 2. The molecule has 1 saturated carbocycles. The van der Waals surface area contributed by atoms with Gasteiger partial charge in [0, 0.05) is 0 Å². The van der Waals surface area contributed by atoms with Crippen LogP contribution in [0.4, 0.5) is 22.0 Å². The number of rotatable bonds is 4. The van der Waals surface area contributed by atoms with Crippen molar-refractivity contribution in [2.75, 3.05) is 0 Å². The Morgan fingerprint density at radius 2 is 1.54 bits per heavy atom. The second-order valence-corrected chi connectivity index (χ2v) is 6.66. The Hall–Kier alpha value is -2.64. The van der Waals surface area contributed by atoms with Gasteiger partial charge in [-0.05, 0) is 56.0 Å². The van der Waals surface area contributed by atoms with Gasteiger partial charge in [0.05, 0.1) is 5.41 Å². The third-order valence-electron chi connectivity index (χ3n) is 4.68. The van der Waals surface area contributed by atoms with Gasteiger partial charge in [0.25, 0.3) is 6.47 Å². The molecule has 0 unspecified atom stereocenters. The van der Waals surface area contributed by atoms with Crippen LogP contribution in [0.2, 0.25) is 0 Å². The second-order valence-electron chi connectivity index (χ2n) is 6.66. The Morgan fingerprint density at radius 3 is 1.96 bits per heavy atom. The van der Waals surface area contributed by atoms with E-state index in [2.05, 4.69) is 0 Å². The molecule has 0 aliphatic heterocycles. The van der Waals surface area contributed by atoms with Crippen LogP contribution >= 0.6 is 0 Å². The lowest BCUT2D eigenvalue weighted by molar-refractivity contribution is -0.296. The van der Waals surface area contributed by atoms with E-state index in [1.165, 1.54) is 18.2 Å². The van der Waals surface area contributed by atoms with E-state index in [0.29, 0.717) is 17.1 Å². The lowest BCUT2D eigenvalue weighted by atomic mass is 9.87. The molecule has 0 amide bonds. The largest absolute Gasteiger partial charge is 0.483 e. The van der Waals surface area contributed by atoms with Crippen molar-refractivity contribution in [3.05, 3.63) is 59.2 Å². The lowest BCUT2D eigenvalue weighted by Gasteiger charge is -2.29. The number of carbonyl (C=O) groups is 1. The van der Waals surface area contributed by atoms with E-state index < -0.39 is 17.5 Å². The van der Waals surface area contributed by atoms with Crippen LogP contribution in [0, 0.1) is 13.8 Å². The first-order valence-electron chi connectivity index (χ1n) is 8.36. The Balaban J connectivity index is 0.000000878. The van der Waals surface area contributed by atoms with Gasteiger partial charge < -0.3 is 9.84 Å². The fourth-order valence-electron chi connectivity index (χ4n) is 2.98. The minimum atomic E-state index is -5.56. The minimum Gasteiger partial charge on any atom is -0.483 e. The van der Waals surface area contributed by atoms with Gasteiger partial charge in [0.15, 0.2) is 0 Å². The number of carboxylic acid groups (broad SMARTS) is 1. The van der Waals surface area contributed by atoms with E-state index in [4.69, 9.17) is 14.6 Å². The molecular formula is C20H19F5O3. The maximum absolute atomic E-state index is 13.9. The molecule has 3 nitrogen and oxygen atoms in total. The SMILES string of the molecule is Cc1ccc(Oc2ccc(C3(C(F)(F)C(F)(F)F)CC3)cc2C)cc1.O=CO. The number of halogens is 5. The molecule has 1 aliphatic carbocycles. The fourth-order valence-corrected chi connectivity index (χ4v) is 2.98. The maximum atomic E-state index is 13.9. The predicted molar refractivity (Wildman–Crippen MR) is 93.0 cm³/mol. The van der Waals surface area contributed by atoms with Crippen LogP contribution in [0.3, 0.4) is 0 Å². The molecule has 2 aromatic rings. The quantitative estimate of drug-likeness (QED) is 0.502. The normalized spacial score (nSPS) is 15.2. The van der Waals surface area contributed by atoms with Gasteiger partial charge in [-0.2, -0.15) is 22.0 Å². The summed E-state index contributed by atoms with van der Waals surface area (Å²) in [4.78, 5) is 8.36. The van der Waals surface area contributed by atoms with Gasteiger partial charge >= 0.3 is 12.1 Å². The van der Waals surface area contributed by atoms with E-state index in [1.807, 2.05) is 19.1 Å². The molecule has 0 spiro atoms. The molecule has 8 heteroatoms. The monoisotopic (exact) mass is 402 g/mol. The summed E-state index contributed by atoms with van der Waals surface area (Å²) in [5.41, 5.74) is -0.575. The third-order valence-corrected chi connectivity index (χ3v) is 4.68. The highest BCUT2D eigenvalue weighted by atomic mass is 19.4. The predicted octanol–water partition coefficient (Wildman–Crippen LogP) is 6.03. The molecule has 152 valence electrons. The van der Waals surface area contributed by atoms with Crippen molar-refractivity contribution < 1.29 is 36.6 Å². The fraction of sp³-hybridized carbons (Fsp3) is 0.350. The van der Waals surface area contributed by atoms with Gasteiger partial charge in [0.2, 0.25) is 0 Å². The van der Waals surface area contributed by atoms with E-state index in [1.54, 1.807) is 19.1 Å². The summed E-state index contributed by atoms with van der Waals surface area (Å²) in [5, 5.41) is 6.89. The van der Waals surface area contributed by atoms with Crippen molar-refractivity contribution in [1.29, 1.82) is 0 Å². The number of hydrogen-bond donors (Lipinski definition) is 1. The van der Waals surface area contributed by atoms with E-state index in [0.717, 1.165) is 5.56 Å². The summed E-state index contributed by atoms with van der Waals surface area (Å²) >= 11 is 0. The molecule has 0 aromatic heterocycles. The van der Waals surface area contributed by atoms with Gasteiger partial charge in [-0.1, -0.05) is 29.8 Å². The Labute approximate surface area is 158 Å². The number of alkyl halides is 5. The molecule has 0 bridgehead atoms. The van der Waals surface area contributed by atoms with Crippen molar-refractivity contribution in [1.82, 2.24) is 0 Å². The molecule has 0 radical (unpaired) electrons. The number of aryl methyl sites for hydroxylation is 2. The number of hydrogen-bond acceptors (Lipinski definition) is 2. The van der Waals surface area contributed by atoms with E-state index in [-0.39, 0.29) is 24.9 Å². The van der Waals surface area contributed by atoms with E-state index >= 15 is 0 Å². The molecule has 0 heterocycles. The van der Waals surface area contributed by atoms with E-state index in [9.17, 15) is 22.0 Å². The first kappa shape index (κ1) is 21.7. The second kappa shape index (κ2) is 7.77. The van der Waals surface area contributed by atoms with Crippen LogP contribution in [0.25, 0.3) is 0 Å². The Bertz CT molecular complexity index is 825. The van der Waals surface area contributed by atoms with Gasteiger partial charge in [-0.3, -0.25) is 4.79 Å². The highest BCUT2D eigenvalue weighted by molar-refractivity contribution is 5.45. The van der Waals surface area contributed by atoms with Gasteiger partial charge in [-0.25, -0.2) is 0 Å². The van der Waals surface area contributed by atoms with Crippen molar-refractivity contribution >= 4 is 6.47 Å². The first-order valence-corrected chi connectivity index (χ1v) is 8.36. The molecule has 1 aliphatic rings. The van der Waals surface area contributed by atoms with Crippen molar-refractivity contribution in [2.24, 2.45) is 0 Å². The van der Waals surface area contributed by atoms with Crippen LogP contribution in [0.15, 0.2) is 42.5 Å². The van der Waals surface area contributed by atoms with Crippen molar-refractivity contribution in [3.63, 3.8) is 0 Å². The molecule has 0 saturated heterocycles. The minimum absolute atomic E-state index is 0.00332. The summed E-state index contributed by atoms with van der Waals surface area (Å²) in [7, 11) is 0. The summed E-state index contributed by atoms with van der Waals surface area (Å²) in [6, 6.07) is 11.4. The lowest BCUT2D eigenvalue weighted by Crippen LogP contribution is -2.47. The smallest absolute Gasteiger partial charge is 0.454 e. The average Bonchev–Trinajstić information content (AvgIpc) is 3.40. The average molecular weight is 402 g/mol. The zero-order valence-corrected chi connectivity index (χ0v) is 15.2. The first-order chi connectivity index (χ1) is 13.0. The standard InChI is InChI=1S/C19H17F5O.CH2O2/c1-12-3-6-15(7-4-12)25-16-8-5-14(11-13(16)2)17(9-10-17)18(20,21)19(22,23)24;2-1-3/h3-8,11H,9-10H2,1-2H3;1H,(H,2,3). The summed E-state index contributed by atoms with van der Waals surface area (Å²) in [5.74, 6) is -3.74. The van der Waals surface area contributed by atoms with Gasteiger partial charge in [0.1, 0.15) is 11.5 Å². The molecule has 28 heavy (non-hydrogen) atoms. The van der Waals surface area contributed by atoms with Crippen LogP contribution in [0.1, 0.15) is 29.5 Å². The highest BCUT2D eigenvalue weighted by Crippen LogP contribution is 2.63. The summed E-state index contributed by atoms with van der Waals surface area (Å²) < 4.78 is 71.9. The molecule has 3 rings (SSSR count). The summed E-state index contributed by atoms with van der Waals surface area (Å²) in [6.07, 6.45) is -5.93. The maximum Gasteiger partial charge on any atom is 0.454 e. The van der Waals surface area contributed by atoms with Crippen molar-refractivity contribution in [2.45, 2.75) is 44.2 Å². The Morgan fingerprint density at radius 1 is 1.00 bits per heavy atom. The Kier molecular flexibility index (Phi) is 6.01. The topological polar surface area (TPSA) is 46.5 Å². The van der Waals surface area contributed by atoms with Gasteiger partial charge in [-0.15, -0.1) is 0 Å². The summed E-state index contributed by atoms with van der Waals surface area (Å²) in [6.45, 7) is 3.31. The van der Waals surface area contributed by atoms with Crippen LogP contribution in [0.5, 0.6) is 11.5 Å². The third kappa shape index (κ3) is 4.10. The zero-order valence-electron chi connectivity index (χ0n) is 15.2. The van der Waals surface area contributed by atoms with Crippen molar-refractivity contribution in [3.8, 4) is 11.5 Å². The highest BCUT2D eigenvalue weighted by Gasteiger charge is 2.75. The number of ether oxygens (including phenoxy) is 1. The molecule has 1 fully saturated rings. The molecular weight excluding hydrogens is 383 g/mol. The molecule has 2 aromatic carbocycles. The molecule has 1 N–H and O–H groups in total. The molecule has 0 atom stereocenters. The van der Waals surface area contributed by atoms with Crippen LogP contribution in [-0.2, 0) is 10.2 Å².